The molecule has 1 aromatic carbocycles. The molecular formula is C18H18O4. The number of carbonyl (C=O) groups excluding carboxylic acids is 2. The van der Waals surface area contributed by atoms with E-state index in [9.17, 15) is 9.59 Å². The fourth-order valence-electron chi connectivity index (χ4n) is 2.80. The third-order valence-corrected chi connectivity index (χ3v) is 4.08. The third-order valence-electron chi connectivity index (χ3n) is 4.08. The van der Waals surface area contributed by atoms with Crippen LogP contribution in [-0.4, -0.2) is 18.4 Å². The normalized spacial score (nSPS) is 13.5. The van der Waals surface area contributed by atoms with Crippen LogP contribution in [0.4, 0.5) is 0 Å². The molecule has 1 heterocycles. The van der Waals surface area contributed by atoms with Gasteiger partial charge in [-0.15, -0.1) is 0 Å². The van der Waals surface area contributed by atoms with E-state index in [0.717, 1.165) is 12.8 Å². The molecule has 0 saturated heterocycles. The molecule has 1 aliphatic carbocycles. The maximum atomic E-state index is 12.2. The van der Waals surface area contributed by atoms with Crippen molar-refractivity contribution in [1.29, 1.82) is 0 Å². The molecule has 0 saturated carbocycles. The van der Waals surface area contributed by atoms with Gasteiger partial charge in [0.05, 0.1) is 6.26 Å². The fourth-order valence-corrected chi connectivity index (χ4v) is 2.80. The first-order chi connectivity index (χ1) is 10.6. The lowest BCUT2D eigenvalue weighted by Gasteiger charge is -2.16. The summed E-state index contributed by atoms with van der Waals surface area (Å²) in [4.78, 5) is 24.0. The molecule has 0 aliphatic heterocycles. The van der Waals surface area contributed by atoms with Gasteiger partial charge in [0.15, 0.2) is 12.4 Å². The highest BCUT2D eigenvalue weighted by Crippen LogP contribution is 2.22. The molecule has 2 aromatic rings. The summed E-state index contributed by atoms with van der Waals surface area (Å²) in [5, 5.41) is 0. The van der Waals surface area contributed by atoms with E-state index in [-0.39, 0.29) is 12.4 Å². The van der Waals surface area contributed by atoms with Crippen LogP contribution in [0.5, 0.6) is 0 Å². The number of ketones is 1. The van der Waals surface area contributed by atoms with Crippen molar-refractivity contribution in [2.45, 2.75) is 32.6 Å². The molecule has 0 radical (unpaired) electrons. The van der Waals surface area contributed by atoms with Crippen molar-refractivity contribution in [3.05, 3.63) is 58.5 Å². The average Bonchev–Trinajstić information content (AvgIpc) is 2.98. The van der Waals surface area contributed by atoms with Crippen LogP contribution in [0.1, 0.15) is 50.4 Å². The van der Waals surface area contributed by atoms with Crippen LogP contribution >= 0.6 is 0 Å². The quantitative estimate of drug-likeness (QED) is 0.640. The van der Waals surface area contributed by atoms with Crippen molar-refractivity contribution in [3.8, 4) is 0 Å². The maximum Gasteiger partial charge on any atom is 0.342 e. The molecule has 0 amide bonds. The minimum Gasteiger partial charge on any atom is -0.469 e. The van der Waals surface area contributed by atoms with Gasteiger partial charge in [-0.05, 0) is 55.9 Å². The van der Waals surface area contributed by atoms with E-state index in [0.29, 0.717) is 16.9 Å². The van der Waals surface area contributed by atoms with E-state index >= 15 is 0 Å². The van der Waals surface area contributed by atoms with Crippen LogP contribution in [-0.2, 0) is 17.6 Å². The van der Waals surface area contributed by atoms with Gasteiger partial charge in [0.25, 0.3) is 0 Å². The Balaban J connectivity index is 1.65. The Morgan fingerprint density at radius 3 is 2.64 bits per heavy atom. The number of rotatable bonds is 4. The average molecular weight is 298 g/mol. The van der Waals surface area contributed by atoms with Crippen molar-refractivity contribution in [3.63, 3.8) is 0 Å². The number of Topliss-reactive ketones (excluding diaryl/α,β-unsaturated/α-hetero) is 1. The van der Waals surface area contributed by atoms with Crippen LogP contribution in [0.25, 0.3) is 0 Å². The van der Waals surface area contributed by atoms with Gasteiger partial charge >= 0.3 is 5.97 Å². The van der Waals surface area contributed by atoms with Crippen LogP contribution in [0.2, 0.25) is 0 Å². The van der Waals surface area contributed by atoms with Gasteiger partial charge in [0, 0.05) is 5.56 Å². The van der Waals surface area contributed by atoms with Gasteiger partial charge in [0.2, 0.25) is 0 Å². The van der Waals surface area contributed by atoms with Gasteiger partial charge in [-0.1, -0.05) is 12.1 Å². The second-order valence-corrected chi connectivity index (χ2v) is 5.58. The number of carbonyl (C=O) groups is 2. The molecule has 0 bridgehead atoms. The molecule has 114 valence electrons. The standard InChI is InChI=1S/C18H18O4/c1-12-16(8-9-21-12)18(20)22-11-17(19)15-7-6-13-4-2-3-5-14(13)10-15/h6-10H,2-5,11H2,1H3. The molecule has 4 nitrogen and oxygen atoms in total. The van der Waals surface area contributed by atoms with Crippen molar-refractivity contribution in [1.82, 2.24) is 0 Å². The molecule has 0 unspecified atom stereocenters. The van der Waals surface area contributed by atoms with Gasteiger partial charge in [-0.25, -0.2) is 4.79 Å². The van der Waals surface area contributed by atoms with Gasteiger partial charge in [-0.3, -0.25) is 4.79 Å². The van der Waals surface area contributed by atoms with Crippen LogP contribution in [0.15, 0.2) is 34.9 Å². The van der Waals surface area contributed by atoms with Crippen molar-refractivity contribution < 1.29 is 18.7 Å². The maximum absolute atomic E-state index is 12.2. The predicted octanol–water partition coefficient (Wildman–Crippen LogP) is 3.51. The molecule has 1 aromatic heterocycles. The first-order valence-electron chi connectivity index (χ1n) is 7.51. The van der Waals surface area contributed by atoms with Gasteiger partial charge in [0.1, 0.15) is 11.3 Å². The summed E-state index contributed by atoms with van der Waals surface area (Å²) in [6, 6.07) is 7.32. The molecule has 0 fully saturated rings. The molecule has 4 heteroatoms. The lowest BCUT2D eigenvalue weighted by molar-refractivity contribution is 0.0473. The number of hydrogen-bond acceptors (Lipinski definition) is 4. The van der Waals surface area contributed by atoms with E-state index < -0.39 is 5.97 Å². The monoisotopic (exact) mass is 298 g/mol. The second kappa shape index (κ2) is 6.18. The highest BCUT2D eigenvalue weighted by atomic mass is 16.5. The van der Waals surface area contributed by atoms with Crippen molar-refractivity contribution >= 4 is 11.8 Å². The van der Waals surface area contributed by atoms with Crippen molar-refractivity contribution in [2.24, 2.45) is 0 Å². The summed E-state index contributed by atoms with van der Waals surface area (Å²) in [5.41, 5.74) is 3.54. The Labute approximate surface area is 129 Å². The number of esters is 1. The Hall–Kier alpha value is -2.36. The molecule has 22 heavy (non-hydrogen) atoms. The van der Waals surface area contributed by atoms with Gasteiger partial charge in [-0.2, -0.15) is 0 Å². The summed E-state index contributed by atoms with van der Waals surface area (Å²) in [7, 11) is 0. The highest BCUT2D eigenvalue weighted by Gasteiger charge is 2.17. The van der Waals surface area contributed by atoms with Crippen LogP contribution in [0.3, 0.4) is 0 Å². The molecule has 0 atom stereocenters. The SMILES string of the molecule is Cc1occc1C(=O)OCC(=O)c1ccc2c(c1)CCCC2. The third kappa shape index (κ3) is 2.96. The lowest BCUT2D eigenvalue weighted by Crippen LogP contribution is -2.15. The minimum absolute atomic E-state index is 0.178. The van der Waals surface area contributed by atoms with Crippen LogP contribution in [0, 0.1) is 6.92 Å². The molecule has 3 rings (SSSR count). The summed E-state index contributed by atoms with van der Waals surface area (Å²) in [6.07, 6.45) is 5.90. The first-order valence-corrected chi connectivity index (χ1v) is 7.51. The van der Waals surface area contributed by atoms with E-state index in [1.54, 1.807) is 13.0 Å². The van der Waals surface area contributed by atoms with Crippen LogP contribution < -0.4 is 0 Å². The Kier molecular flexibility index (Phi) is 4.09. The Morgan fingerprint density at radius 1 is 1.14 bits per heavy atom. The fraction of sp³-hybridized carbons (Fsp3) is 0.333. The van der Waals surface area contributed by atoms with E-state index in [1.165, 1.54) is 30.2 Å². The topological polar surface area (TPSA) is 56.5 Å². The van der Waals surface area contributed by atoms with E-state index in [1.807, 2.05) is 18.2 Å². The predicted molar refractivity (Wildman–Crippen MR) is 81.1 cm³/mol. The van der Waals surface area contributed by atoms with Crippen molar-refractivity contribution in [2.75, 3.05) is 6.61 Å². The summed E-state index contributed by atoms with van der Waals surface area (Å²) >= 11 is 0. The lowest BCUT2D eigenvalue weighted by atomic mass is 9.90. The van der Waals surface area contributed by atoms with E-state index in [2.05, 4.69) is 0 Å². The smallest absolute Gasteiger partial charge is 0.342 e. The molecule has 0 N–H and O–H groups in total. The number of fused-ring (bicyclic) bond motifs is 1. The Bertz CT molecular complexity index is 712. The van der Waals surface area contributed by atoms with Gasteiger partial charge < -0.3 is 9.15 Å². The Morgan fingerprint density at radius 2 is 1.91 bits per heavy atom. The molecule has 0 spiro atoms. The zero-order valence-corrected chi connectivity index (χ0v) is 12.6. The highest BCUT2D eigenvalue weighted by molar-refractivity contribution is 5.99. The zero-order valence-electron chi connectivity index (χ0n) is 12.6. The number of ether oxygens (including phenoxy) is 1. The zero-order chi connectivity index (χ0) is 15.5. The van der Waals surface area contributed by atoms with E-state index in [4.69, 9.17) is 9.15 Å². The largest absolute Gasteiger partial charge is 0.469 e. The summed E-state index contributed by atoms with van der Waals surface area (Å²) < 4.78 is 10.1. The number of benzene rings is 1. The second-order valence-electron chi connectivity index (χ2n) is 5.58. The number of hydrogen-bond donors (Lipinski definition) is 0. The first kappa shape index (κ1) is 14.6. The molecule has 1 aliphatic rings. The number of furan rings is 1. The molecular weight excluding hydrogens is 280 g/mol. The minimum atomic E-state index is -0.530. The number of aryl methyl sites for hydroxylation is 3. The summed E-state index contributed by atoms with van der Waals surface area (Å²) in [6.45, 7) is 1.43. The summed E-state index contributed by atoms with van der Waals surface area (Å²) in [5.74, 6) is -0.216.